The van der Waals surface area contributed by atoms with Crippen LogP contribution in [-0.4, -0.2) is 80.1 Å². The molecule has 2 unspecified atom stereocenters. The second kappa shape index (κ2) is 11.2. The second-order valence-corrected chi connectivity index (χ2v) is 10.6. The zero-order valence-corrected chi connectivity index (χ0v) is 23.0. The maximum atomic E-state index is 14.5. The van der Waals surface area contributed by atoms with Crippen molar-refractivity contribution in [1.29, 1.82) is 0 Å². The SMILES string of the molecule is COCCN1C(=O)c2ccccc2C(C(=O)Nc2ccccc2N2CCN(C)CC2)C1c1c[nH]c2ccccc12. The Kier molecular flexibility index (Phi) is 7.28. The normalized spacial score (nSPS) is 19.6. The number of hydrogen-bond donors (Lipinski definition) is 2. The van der Waals surface area contributed by atoms with Gasteiger partial charge in [-0.3, -0.25) is 9.59 Å². The Morgan fingerprint density at radius 3 is 2.50 bits per heavy atom. The van der Waals surface area contributed by atoms with Gasteiger partial charge in [0.2, 0.25) is 5.91 Å². The smallest absolute Gasteiger partial charge is 0.254 e. The summed E-state index contributed by atoms with van der Waals surface area (Å²) in [5.41, 5.74) is 4.99. The van der Waals surface area contributed by atoms with Crippen LogP contribution in [0.15, 0.2) is 79.0 Å². The number of carbonyl (C=O) groups is 2. The average molecular weight is 538 g/mol. The molecule has 8 nitrogen and oxygen atoms in total. The molecular weight excluding hydrogens is 502 g/mol. The molecule has 2 aliphatic heterocycles. The van der Waals surface area contributed by atoms with Gasteiger partial charge in [0, 0.05) is 68.1 Å². The van der Waals surface area contributed by atoms with Crippen molar-refractivity contribution >= 4 is 34.1 Å². The number of amides is 2. The number of piperazine rings is 1. The molecule has 0 saturated carbocycles. The Bertz CT molecular complexity index is 1520. The summed E-state index contributed by atoms with van der Waals surface area (Å²) in [7, 11) is 3.76. The molecule has 2 amide bonds. The van der Waals surface area contributed by atoms with Gasteiger partial charge >= 0.3 is 0 Å². The third-order valence-corrected chi connectivity index (χ3v) is 8.20. The molecule has 2 atom stereocenters. The molecule has 1 fully saturated rings. The third-order valence-electron chi connectivity index (χ3n) is 8.20. The van der Waals surface area contributed by atoms with E-state index >= 15 is 0 Å². The van der Waals surface area contributed by atoms with Crippen LogP contribution in [0.4, 0.5) is 11.4 Å². The zero-order chi connectivity index (χ0) is 27.6. The fourth-order valence-electron chi connectivity index (χ4n) is 6.11. The lowest BCUT2D eigenvalue weighted by molar-refractivity contribution is -0.119. The van der Waals surface area contributed by atoms with Crippen LogP contribution < -0.4 is 10.2 Å². The predicted molar refractivity (Wildman–Crippen MR) is 158 cm³/mol. The first-order valence-corrected chi connectivity index (χ1v) is 13.8. The van der Waals surface area contributed by atoms with E-state index in [4.69, 9.17) is 4.74 Å². The predicted octanol–water partition coefficient (Wildman–Crippen LogP) is 4.49. The lowest BCUT2D eigenvalue weighted by Gasteiger charge is -2.41. The Labute approximate surface area is 234 Å². The lowest BCUT2D eigenvalue weighted by atomic mass is 9.79. The van der Waals surface area contributed by atoms with Crippen molar-refractivity contribution in [3.63, 3.8) is 0 Å². The number of benzene rings is 3. The number of aromatic amines is 1. The van der Waals surface area contributed by atoms with Crippen molar-refractivity contribution in [2.75, 3.05) is 63.7 Å². The molecule has 3 aromatic carbocycles. The van der Waals surface area contributed by atoms with Gasteiger partial charge in [0.25, 0.3) is 5.91 Å². The Hall–Kier alpha value is -4.14. The summed E-state index contributed by atoms with van der Waals surface area (Å²) in [5, 5.41) is 4.29. The molecule has 0 radical (unpaired) electrons. The second-order valence-electron chi connectivity index (χ2n) is 10.6. The lowest BCUT2D eigenvalue weighted by Crippen LogP contribution is -2.47. The molecule has 1 aromatic heterocycles. The van der Waals surface area contributed by atoms with E-state index in [1.807, 2.05) is 72.9 Å². The topological polar surface area (TPSA) is 80.9 Å². The van der Waals surface area contributed by atoms with Crippen LogP contribution in [0.5, 0.6) is 0 Å². The van der Waals surface area contributed by atoms with Crippen molar-refractivity contribution in [2.24, 2.45) is 0 Å². The van der Waals surface area contributed by atoms with Gasteiger partial charge < -0.3 is 29.7 Å². The molecule has 40 heavy (non-hydrogen) atoms. The highest BCUT2D eigenvalue weighted by Crippen LogP contribution is 2.45. The summed E-state index contributed by atoms with van der Waals surface area (Å²) < 4.78 is 5.40. The van der Waals surface area contributed by atoms with Crippen LogP contribution >= 0.6 is 0 Å². The highest BCUT2D eigenvalue weighted by atomic mass is 16.5. The molecule has 4 aromatic rings. The number of methoxy groups -OCH3 is 1. The van der Waals surface area contributed by atoms with E-state index in [9.17, 15) is 9.59 Å². The zero-order valence-electron chi connectivity index (χ0n) is 23.0. The van der Waals surface area contributed by atoms with Crippen LogP contribution in [-0.2, 0) is 9.53 Å². The number of para-hydroxylation sites is 3. The summed E-state index contributed by atoms with van der Waals surface area (Å²) in [5.74, 6) is -0.852. The number of nitrogens with one attached hydrogen (secondary N) is 2. The first-order valence-electron chi connectivity index (χ1n) is 13.8. The van der Waals surface area contributed by atoms with Crippen molar-refractivity contribution in [3.8, 4) is 0 Å². The van der Waals surface area contributed by atoms with Gasteiger partial charge in [-0.15, -0.1) is 0 Å². The molecule has 2 N–H and O–H groups in total. The number of hydrogen-bond acceptors (Lipinski definition) is 5. The van der Waals surface area contributed by atoms with E-state index < -0.39 is 12.0 Å². The molecule has 0 bridgehead atoms. The molecule has 0 spiro atoms. The number of anilines is 2. The van der Waals surface area contributed by atoms with E-state index in [1.165, 1.54) is 0 Å². The summed E-state index contributed by atoms with van der Waals surface area (Å²) in [6.07, 6.45) is 1.94. The third kappa shape index (κ3) is 4.74. The summed E-state index contributed by atoms with van der Waals surface area (Å²) in [6.45, 7) is 4.47. The number of H-pyrrole nitrogens is 1. The molecule has 6 rings (SSSR count). The number of aromatic nitrogens is 1. The fraction of sp³-hybridized carbons (Fsp3) is 0.312. The molecule has 2 aliphatic rings. The van der Waals surface area contributed by atoms with Crippen LogP contribution in [0, 0.1) is 0 Å². The first kappa shape index (κ1) is 26.1. The van der Waals surface area contributed by atoms with Crippen LogP contribution in [0.25, 0.3) is 10.9 Å². The summed E-state index contributed by atoms with van der Waals surface area (Å²) >= 11 is 0. The minimum atomic E-state index is -0.620. The molecule has 0 aliphatic carbocycles. The number of fused-ring (bicyclic) bond motifs is 2. The van der Waals surface area contributed by atoms with E-state index in [1.54, 1.807) is 12.0 Å². The molecule has 1 saturated heterocycles. The van der Waals surface area contributed by atoms with Gasteiger partial charge in [-0.1, -0.05) is 48.5 Å². The molecular formula is C32H35N5O3. The molecule has 206 valence electrons. The number of rotatable bonds is 7. The highest BCUT2D eigenvalue weighted by molar-refractivity contribution is 6.06. The quantitative estimate of drug-likeness (QED) is 0.363. The maximum absolute atomic E-state index is 14.5. The van der Waals surface area contributed by atoms with E-state index in [0.29, 0.717) is 18.7 Å². The standard InChI is InChI=1S/C32H35N5O3/c1-35-15-17-36(18-16-35)28-14-8-7-13-27(28)34-31(38)29-23-10-3-4-11-24(23)32(39)37(19-20-40-2)30(29)25-21-33-26-12-6-5-9-22(25)26/h3-14,21,29-30,33H,15-20H2,1-2H3,(H,34,38). The largest absolute Gasteiger partial charge is 0.383 e. The van der Waals surface area contributed by atoms with Crippen molar-refractivity contribution in [3.05, 3.63) is 95.7 Å². The van der Waals surface area contributed by atoms with Crippen LogP contribution in [0.2, 0.25) is 0 Å². The number of carbonyl (C=O) groups excluding carboxylic acids is 2. The van der Waals surface area contributed by atoms with Crippen molar-refractivity contribution in [1.82, 2.24) is 14.8 Å². The van der Waals surface area contributed by atoms with Gasteiger partial charge in [0.1, 0.15) is 0 Å². The number of ether oxygens (including phenoxy) is 1. The van der Waals surface area contributed by atoms with Crippen molar-refractivity contribution in [2.45, 2.75) is 12.0 Å². The van der Waals surface area contributed by atoms with Gasteiger partial charge in [0.05, 0.1) is 29.9 Å². The van der Waals surface area contributed by atoms with Gasteiger partial charge in [0.15, 0.2) is 0 Å². The Balaban J connectivity index is 1.44. The minimum absolute atomic E-state index is 0.0928. The van der Waals surface area contributed by atoms with E-state index in [2.05, 4.69) is 33.2 Å². The molecule has 8 heteroatoms. The minimum Gasteiger partial charge on any atom is -0.383 e. The fourth-order valence-corrected chi connectivity index (χ4v) is 6.11. The number of nitrogens with zero attached hydrogens (tertiary/aromatic N) is 3. The van der Waals surface area contributed by atoms with Crippen LogP contribution in [0.3, 0.4) is 0 Å². The maximum Gasteiger partial charge on any atom is 0.254 e. The molecule has 3 heterocycles. The average Bonchev–Trinajstić information content (AvgIpc) is 3.41. The van der Waals surface area contributed by atoms with E-state index in [0.717, 1.165) is 59.6 Å². The van der Waals surface area contributed by atoms with Gasteiger partial charge in [-0.25, -0.2) is 0 Å². The highest BCUT2D eigenvalue weighted by Gasteiger charge is 2.45. The Morgan fingerprint density at radius 2 is 1.68 bits per heavy atom. The van der Waals surface area contributed by atoms with E-state index in [-0.39, 0.29) is 11.8 Å². The number of likely N-dealkylation sites (N-methyl/N-ethyl adjacent to an activating group) is 1. The summed E-state index contributed by atoms with van der Waals surface area (Å²) in [6, 6.07) is 23.0. The van der Waals surface area contributed by atoms with Crippen molar-refractivity contribution < 1.29 is 14.3 Å². The first-order chi connectivity index (χ1) is 19.6. The van der Waals surface area contributed by atoms with Gasteiger partial charge in [-0.2, -0.15) is 0 Å². The monoisotopic (exact) mass is 537 g/mol. The Morgan fingerprint density at radius 1 is 0.950 bits per heavy atom. The summed E-state index contributed by atoms with van der Waals surface area (Å²) in [4.78, 5) is 38.2. The van der Waals surface area contributed by atoms with Gasteiger partial charge in [-0.05, 0) is 36.9 Å². The van der Waals surface area contributed by atoms with Crippen LogP contribution in [0.1, 0.15) is 33.4 Å².